The summed E-state index contributed by atoms with van der Waals surface area (Å²) in [5, 5.41) is 11.8. The van der Waals surface area contributed by atoms with Gasteiger partial charge in [0.05, 0.1) is 9.21 Å². The molecule has 2 aromatic heterocycles. The summed E-state index contributed by atoms with van der Waals surface area (Å²) in [6, 6.07) is 2.88. The molecule has 23 heavy (non-hydrogen) atoms. The largest absolute Gasteiger partial charge is 0.480 e. The van der Waals surface area contributed by atoms with E-state index < -0.39 is 12.0 Å². The van der Waals surface area contributed by atoms with Crippen LogP contribution in [0.2, 0.25) is 4.34 Å². The van der Waals surface area contributed by atoms with Gasteiger partial charge >= 0.3 is 5.97 Å². The number of rotatable bonds is 3. The van der Waals surface area contributed by atoms with Crippen LogP contribution in [0.1, 0.15) is 30.3 Å². The van der Waals surface area contributed by atoms with Crippen molar-refractivity contribution >= 4 is 46.2 Å². The lowest BCUT2D eigenvalue weighted by Gasteiger charge is -2.35. The molecule has 1 amide bonds. The Balaban J connectivity index is 1.82. The van der Waals surface area contributed by atoms with E-state index in [9.17, 15) is 14.7 Å². The number of aromatic nitrogens is 1. The smallest absolute Gasteiger partial charge is 0.326 e. The molecule has 0 radical (unpaired) electrons. The fourth-order valence-corrected chi connectivity index (χ4v) is 4.59. The average molecular weight is 371 g/mol. The maximum atomic E-state index is 12.7. The van der Waals surface area contributed by atoms with E-state index in [-0.39, 0.29) is 5.91 Å². The first-order valence-electron chi connectivity index (χ1n) is 7.20. The quantitative estimate of drug-likeness (QED) is 0.890. The van der Waals surface area contributed by atoms with Gasteiger partial charge in [-0.2, -0.15) is 0 Å². The maximum absolute atomic E-state index is 12.7. The van der Waals surface area contributed by atoms with Crippen molar-refractivity contribution in [1.29, 1.82) is 0 Å². The van der Waals surface area contributed by atoms with Crippen LogP contribution < -0.4 is 0 Å². The Hall–Kier alpha value is -1.44. The highest BCUT2D eigenvalue weighted by Crippen LogP contribution is 2.33. The Bertz CT molecular complexity index is 743. The van der Waals surface area contributed by atoms with Crippen LogP contribution >= 0.6 is 34.3 Å². The number of piperidine rings is 1. The molecule has 2 aromatic rings. The number of aliphatic carboxylic acids is 1. The summed E-state index contributed by atoms with van der Waals surface area (Å²) in [6.45, 7) is 2.47. The van der Waals surface area contributed by atoms with Crippen molar-refractivity contribution in [3.63, 3.8) is 0 Å². The normalized spacial score (nSPS) is 21.4. The Morgan fingerprint density at radius 1 is 1.43 bits per heavy atom. The summed E-state index contributed by atoms with van der Waals surface area (Å²) in [7, 11) is 0. The van der Waals surface area contributed by atoms with Gasteiger partial charge in [-0.25, -0.2) is 9.78 Å². The lowest BCUT2D eigenvalue weighted by Crippen LogP contribution is -2.49. The SMILES string of the molecule is CC1CCN(C(=O)c2csc(-c3ccc(Cl)s3)n2)C(C(=O)O)C1. The lowest BCUT2D eigenvalue weighted by molar-refractivity contribution is -0.144. The van der Waals surface area contributed by atoms with Gasteiger partial charge in [0.15, 0.2) is 0 Å². The number of amides is 1. The average Bonchev–Trinajstić information content (AvgIpc) is 3.15. The second-order valence-electron chi connectivity index (χ2n) is 5.62. The molecule has 5 nitrogen and oxygen atoms in total. The van der Waals surface area contributed by atoms with Crippen LogP contribution in [-0.2, 0) is 4.79 Å². The van der Waals surface area contributed by atoms with Crippen molar-refractivity contribution in [3.8, 4) is 9.88 Å². The molecule has 3 rings (SSSR count). The molecule has 1 saturated heterocycles. The molecule has 0 saturated carbocycles. The highest BCUT2D eigenvalue weighted by atomic mass is 35.5. The third-order valence-electron chi connectivity index (χ3n) is 3.92. The van der Waals surface area contributed by atoms with Crippen LogP contribution in [0.4, 0.5) is 0 Å². The van der Waals surface area contributed by atoms with Crippen molar-refractivity contribution in [1.82, 2.24) is 9.88 Å². The Morgan fingerprint density at radius 2 is 2.22 bits per heavy atom. The minimum absolute atomic E-state index is 0.301. The number of carbonyl (C=O) groups excluding carboxylic acids is 1. The highest BCUT2D eigenvalue weighted by Gasteiger charge is 2.36. The third kappa shape index (κ3) is 3.41. The number of thiazole rings is 1. The predicted octanol–water partition coefficient (Wildman–Crippen LogP) is 3.85. The minimum Gasteiger partial charge on any atom is -0.480 e. The fraction of sp³-hybridized carbons (Fsp3) is 0.400. The first-order chi connectivity index (χ1) is 11.0. The fourth-order valence-electron chi connectivity index (χ4n) is 2.68. The van der Waals surface area contributed by atoms with Crippen molar-refractivity contribution in [2.45, 2.75) is 25.8 Å². The van der Waals surface area contributed by atoms with Crippen LogP contribution in [-0.4, -0.2) is 39.5 Å². The number of carbonyl (C=O) groups is 2. The molecule has 1 N–H and O–H groups in total. The van der Waals surface area contributed by atoms with Gasteiger partial charge in [-0.3, -0.25) is 4.79 Å². The molecule has 8 heteroatoms. The van der Waals surface area contributed by atoms with Gasteiger partial charge in [-0.1, -0.05) is 18.5 Å². The first kappa shape index (κ1) is 16.4. The molecule has 0 aromatic carbocycles. The number of thiophene rings is 1. The molecule has 122 valence electrons. The van der Waals surface area contributed by atoms with Crippen molar-refractivity contribution in [2.75, 3.05) is 6.54 Å². The number of hydrogen-bond acceptors (Lipinski definition) is 5. The monoisotopic (exact) mass is 370 g/mol. The molecular weight excluding hydrogens is 356 g/mol. The van der Waals surface area contributed by atoms with E-state index in [0.717, 1.165) is 16.3 Å². The summed E-state index contributed by atoms with van der Waals surface area (Å²) in [5.41, 5.74) is 0.301. The zero-order valence-electron chi connectivity index (χ0n) is 12.4. The molecule has 0 spiro atoms. The van der Waals surface area contributed by atoms with Gasteiger partial charge in [0.1, 0.15) is 16.7 Å². The van der Waals surface area contributed by atoms with E-state index in [1.807, 2.05) is 13.0 Å². The number of carboxylic acid groups (broad SMARTS) is 1. The second-order valence-corrected chi connectivity index (χ2v) is 8.20. The lowest BCUT2D eigenvalue weighted by atomic mass is 9.92. The van der Waals surface area contributed by atoms with Crippen LogP contribution in [0.25, 0.3) is 9.88 Å². The summed E-state index contributed by atoms with van der Waals surface area (Å²) in [5.74, 6) is -0.959. The van der Waals surface area contributed by atoms with E-state index in [1.54, 1.807) is 11.4 Å². The molecule has 0 bridgehead atoms. The second kappa shape index (κ2) is 6.59. The van der Waals surface area contributed by atoms with Crippen LogP contribution in [0.5, 0.6) is 0 Å². The number of likely N-dealkylation sites (tertiary alicyclic amines) is 1. The zero-order valence-corrected chi connectivity index (χ0v) is 14.7. The summed E-state index contributed by atoms with van der Waals surface area (Å²) in [4.78, 5) is 30.8. The van der Waals surface area contributed by atoms with Gasteiger partial charge in [0.2, 0.25) is 0 Å². The summed E-state index contributed by atoms with van der Waals surface area (Å²) >= 11 is 8.69. The maximum Gasteiger partial charge on any atom is 0.326 e. The van der Waals surface area contributed by atoms with E-state index >= 15 is 0 Å². The van der Waals surface area contributed by atoms with Gasteiger partial charge < -0.3 is 10.0 Å². The highest BCUT2D eigenvalue weighted by molar-refractivity contribution is 7.23. The molecule has 2 unspecified atom stereocenters. The molecule has 1 aliphatic rings. The number of halogens is 1. The van der Waals surface area contributed by atoms with Crippen molar-refractivity contribution in [2.24, 2.45) is 5.92 Å². The summed E-state index contributed by atoms with van der Waals surface area (Å²) < 4.78 is 0.666. The number of nitrogens with zero attached hydrogens (tertiary/aromatic N) is 2. The third-order valence-corrected chi connectivity index (χ3v) is 6.16. The van der Waals surface area contributed by atoms with Crippen molar-refractivity contribution in [3.05, 3.63) is 27.5 Å². The standard InChI is InChI=1S/C15H15ClN2O3S2/c1-8-4-5-18(10(6-8)15(20)21)14(19)9-7-22-13(17-9)11-2-3-12(16)23-11/h2-3,7-8,10H,4-6H2,1H3,(H,20,21). The topological polar surface area (TPSA) is 70.5 Å². The Labute approximate surface area is 146 Å². The van der Waals surface area contributed by atoms with Gasteiger partial charge in [0, 0.05) is 11.9 Å². The molecule has 0 aliphatic carbocycles. The molecule has 1 fully saturated rings. The molecule has 2 atom stereocenters. The predicted molar refractivity (Wildman–Crippen MR) is 91.3 cm³/mol. The number of hydrogen-bond donors (Lipinski definition) is 1. The van der Waals surface area contributed by atoms with Gasteiger partial charge in [-0.05, 0) is 30.9 Å². The van der Waals surface area contributed by atoms with Gasteiger partial charge in [-0.15, -0.1) is 22.7 Å². The van der Waals surface area contributed by atoms with E-state index in [0.29, 0.717) is 28.9 Å². The van der Waals surface area contributed by atoms with E-state index in [4.69, 9.17) is 11.6 Å². The first-order valence-corrected chi connectivity index (χ1v) is 9.28. The molecule has 1 aliphatic heterocycles. The van der Waals surface area contributed by atoms with E-state index in [1.165, 1.54) is 27.6 Å². The van der Waals surface area contributed by atoms with E-state index in [2.05, 4.69) is 4.98 Å². The van der Waals surface area contributed by atoms with Crippen LogP contribution in [0.3, 0.4) is 0 Å². The Morgan fingerprint density at radius 3 is 2.87 bits per heavy atom. The molecular formula is C15H15ClN2O3S2. The van der Waals surface area contributed by atoms with Gasteiger partial charge in [0.25, 0.3) is 5.91 Å². The van der Waals surface area contributed by atoms with Crippen LogP contribution in [0.15, 0.2) is 17.5 Å². The molecule has 3 heterocycles. The van der Waals surface area contributed by atoms with Crippen LogP contribution in [0, 0.1) is 5.92 Å². The Kier molecular flexibility index (Phi) is 4.70. The van der Waals surface area contributed by atoms with Crippen molar-refractivity contribution < 1.29 is 14.7 Å². The minimum atomic E-state index is -0.953. The summed E-state index contributed by atoms with van der Waals surface area (Å²) in [6.07, 6.45) is 1.30. The number of carboxylic acids is 1. The zero-order chi connectivity index (χ0) is 16.6.